The Balaban J connectivity index is 1.85. The number of sulfonamides is 1. The van der Waals surface area contributed by atoms with Gasteiger partial charge in [0.2, 0.25) is 15.9 Å². The van der Waals surface area contributed by atoms with Crippen molar-refractivity contribution >= 4 is 32.7 Å². The smallest absolute Gasteiger partial charge is 0.328 e. The molecule has 1 aliphatic rings. The van der Waals surface area contributed by atoms with E-state index in [-0.39, 0.29) is 23.1 Å². The predicted molar refractivity (Wildman–Crippen MR) is 101 cm³/mol. The van der Waals surface area contributed by atoms with Gasteiger partial charge in [-0.25, -0.2) is 17.9 Å². The van der Waals surface area contributed by atoms with Crippen molar-refractivity contribution in [1.82, 2.24) is 10.0 Å². The van der Waals surface area contributed by atoms with Crippen LogP contribution in [0.25, 0.3) is 10.8 Å². The standard InChI is InChI=1S/C19H20N2O5S/c22-18(23)8-6-16(11-15-9-10-20-19(15)24)21-27(25,26)17-7-5-13-3-1-2-4-14(13)12-17/h1-8,12,15-16,21H,9-11H2,(H,20,24)(H,22,23)/b8-6+/t15-,16+/m0/s1. The van der Waals surface area contributed by atoms with Crippen LogP contribution in [0.2, 0.25) is 0 Å². The SMILES string of the molecule is O=C(O)/C=C/[C@H](C[C@@H]1CCNC1=O)NS(=O)(=O)c1ccc2ccccc2c1. The van der Waals surface area contributed by atoms with Gasteiger partial charge in [0.15, 0.2) is 0 Å². The van der Waals surface area contributed by atoms with E-state index in [1.165, 1.54) is 12.1 Å². The number of rotatable bonds is 7. The van der Waals surface area contributed by atoms with Crippen molar-refractivity contribution in [2.75, 3.05) is 6.54 Å². The first-order valence-corrected chi connectivity index (χ1v) is 10.0. The Labute approximate surface area is 157 Å². The third kappa shape index (κ3) is 4.72. The molecule has 27 heavy (non-hydrogen) atoms. The van der Waals surface area contributed by atoms with Gasteiger partial charge in [0, 0.05) is 24.6 Å². The molecule has 0 saturated carbocycles. The number of amides is 1. The van der Waals surface area contributed by atoms with Crippen molar-refractivity contribution in [1.29, 1.82) is 0 Å². The van der Waals surface area contributed by atoms with Gasteiger partial charge in [-0.1, -0.05) is 36.4 Å². The van der Waals surface area contributed by atoms with Crippen molar-refractivity contribution in [2.24, 2.45) is 5.92 Å². The summed E-state index contributed by atoms with van der Waals surface area (Å²) >= 11 is 0. The largest absolute Gasteiger partial charge is 0.478 e. The molecule has 1 fully saturated rings. The lowest BCUT2D eigenvalue weighted by Crippen LogP contribution is -2.36. The zero-order valence-corrected chi connectivity index (χ0v) is 15.3. The molecular formula is C19H20N2O5S. The maximum Gasteiger partial charge on any atom is 0.328 e. The number of carbonyl (C=O) groups is 2. The van der Waals surface area contributed by atoms with Gasteiger partial charge in [0.1, 0.15) is 0 Å². The summed E-state index contributed by atoms with van der Waals surface area (Å²) < 4.78 is 28.1. The molecule has 8 heteroatoms. The normalized spacial score (nSPS) is 18.7. The lowest BCUT2D eigenvalue weighted by molar-refractivity contribution is -0.131. The van der Waals surface area contributed by atoms with Crippen LogP contribution in [0.4, 0.5) is 0 Å². The van der Waals surface area contributed by atoms with E-state index in [0.717, 1.165) is 16.8 Å². The Hall–Kier alpha value is -2.71. The summed E-state index contributed by atoms with van der Waals surface area (Å²) in [7, 11) is -3.88. The zero-order valence-electron chi connectivity index (χ0n) is 14.5. The summed E-state index contributed by atoms with van der Waals surface area (Å²) in [5.41, 5.74) is 0. The van der Waals surface area contributed by atoms with Crippen LogP contribution in [0.1, 0.15) is 12.8 Å². The first-order valence-electron chi connectivity index (χ1n) is 8.55. The number of carboxylic acids is 1. The molecule has 3 rings (SSSR count). The van der Waals surface area contributed by atoms with Gasteiger partial charge in [0.05, 0.1) is 4.90 Å². The van der Waals surface area contributed by atoms with E-state index >= 15 is 0 Å². The molecule has 2 aromatic rings. The second-order valence-corrected chi connectivity index (χ2v) is 8.16. The fraction of sp³-hybridized carbons (Fsp3) is 0.263. The van der Waals surface area contributed by atoms with E-state index in [9.17, 15) is 18.0 Å². The fourth-order valence-corrected chi connectivity index (χ4v) is 4.38. The van der Waals surface area contributed by atoms with Gasteiger partial charge in [-0.05, 0) is 35.7 Å². The minimum atomic E-state index is -3.88. The van der Waals surface area contributed by atoms with Crippen molar-refractivity contribution in [2.45, 2.75) is 23.8 Å². The summed E-state index contributed by atoms with van der Waals surface area (Å²) in [5, 5.41) is 13.3. The van der Waals surface area contributed by atoms with Crippen LogP contribution >= 0.6 is 0 Å². The Kier molecular flexibility index (Phi) is 5.57. The van der Waals surface area contributed by atoms with Crippen molar-refractivity contribution in [3.8, 4) is 0 Å². The average Bonchev–Trinajstić information content (AvgIpc) is 3.03. The number of hydrogen-bond donors (Lipinski definition) is 3. The molecule has 1 heterocycles. The zero-order chi connectivity index (χ0) is 19.4. The molecule has 2 aromatic carbocycles. The molecule has 142 valence electrons. The van der Waals surface area contributed by atoms with Crippen LogP contribution in [0.5, 0.6) is 0 Å². The summed E-state index contributed by atoms with van der Waals surface area (Å²) in [6.45, 7) is 0.538. The molecule has 0 unspecified atom stereocenters. The molecule has 0 radical (unpaired) electrons. The molecule has 0 aromatic heterocycles. The second-order valence-electron chi connectivity index (χ2n) is 6.45. The Morgan fingerprint density at radius 3 is 2.67 bits per heavy atom. The van der Waals surface area contributed by atoms with E-state index in [4.69, 9.17) is 5.11 Å². The molecule has 0 bridgehead atoms. The Morgan fingerprint density at radius 2 is 2.00 bits per heavy atom. The van der Waals surface area contributed by atoms with Crippen LogP contribution in [-0.2, 0) is 19.6 Å². The van der Waals surface area contributed by atoms with E-state index in [1.54, 1.807) is 12.1 Å². The molecular weight excluding hydrogens is 368 g/mol. The molecule has 2 atom stereocenters. The molecule has 1 aliphatic heterocycles. The second kappa shape index (κ2) is 7.89. The first-order chi connectivity index (χ1) is 12.8. The molecule has 0 spiro atoms. The number of aliphatic carboxylic acids is 1. The fourth-order valence-electron chi connectivity index (χ4n) is 3.14. The summed E-state index contributed by atoms with van der Waals surface area (Å²) in [4.78, 5) is 22.7. The van der Waals surface area contributed by atoms with Crippen LogP contribution in [0.3, 0.4) is 0 Å². The maximum atomic E-state index is 12.8. The van der Waals surface area contributed by atoms with Gasteiger partial charge in [-0.3, -0.25) is 4.79 Å². The van der Waals surface area contributed by atoms with Crippen LogP contribution in [0, 0.1) is 5.92 Å². The first kappa shape index (κ1) is 19.1. The van der Waals surface area contributed by atoms with Crippen molar-refractivity contribution in [3.05, 3.63) is 54.6 Å². The highest BCUT2D eigenvalue weighted by molar-refractivity contribution is 7.89. The Morgan fingerprint density at radius 1 is 1.26 bits per heavy atom. The van der Waals surface area contributed by atoms with Gasteiger partial charge in [0.25, 0.3) is 0 Å². The third-order valence-electron chi connectivity index (χ3n) is 4.51. The minimum absolute atomic E-state index is 0.0887. The summed E-state index contributed by atoms with van der Waals surface area (Å²) in [5.74, 6) is -1.68. The van der Waals surface area contributed by atoms with Crippen LogP contribution in [-0.4, -0.2) is 38.0 Å². The third-order valence-corrected chi connectivity index (χ3v) is 6.00. The summed E-state index contributed by atoms with van der Waals surface area (Å²) in [6, 6.07) is 11.4. The number of benzene rings is 2. The van der Waals surface area contributed by atoms with Gasteiger partial charge < -0.3 is 10.4 Å². The number of hydrogen-bond acceptors (Lipinski definition) is 4. The number of carbonyl (C=O) groups excluding carboxylic acids is 1. The number of nitrogens with one attached hydrogen (secondary N) is 2. The molecule has 0 aliphatic carbocycles. The highest BCUT2D eigenvalue weighted by Crippen LogP contribution is 2.21. The topological polar surface area (TPSA) is 113 Å². The lowest BCUT2D eigenvalue weighted by atomic mass is 9.99. The highest BCUT2D eigenvalue weighted by Gasteiger charge is 2.28. The Bertz CT molecular complexity index is 1000. The van der Waals surface area contributed by atoms with Crippen LogP contribution < -0.4 is 10.0 Å². The van der Waals surface area contributed by atoms with E-state index in [1.807, 2.05) is 24.3 Å². The molecule has 1 amide bonds. The van der Waals surface area contributed by atoms with E-state index in [0.29, 0.717) is 13.0 Å². The molecule has 1 saturated heterocycles. The number of carboxylic acid groups (broad SMARTS) is 1. The quantitative estimate of drug-likeness (QED) is 0.625. The number of fused-ring (bicyclic) bond motifs is 1. The van der Waals surface area contributed by atoms with Gasteiger partial charge in [-0.2, -0.15) is 0 Å². The van der Waals surface area contributed by atoms with Crippen molar-refractivity contribution in [3.63, 3.8) is 0 Å². The van der Waals surface area contributed by atoms with Crippen molar-refractivity contribution < 1.29 is 23.1 Å². The molecule has 3 N–H and O–H groups in total. The average molecular weight is 388 g/mol. The van der Waals surface area contributed by atoms with Gasteiger partial charge in [-0.15, -0.1) is 0 Å². The van der Waals surface area contributed by atoms with Gasteiger partial charge >= 0.3 is 5.97 Å². The monoisotopic (exact) mass is 388 g/mol. The van der Waals surface area contributed by atoms with E-state index < -0.39 is 22.0 Å². The molecule has 7 nitrogen and oxygen atoms in total. The minimum Gasteiger partial charge on any atom is -0.478 e. The lowest BCUT2D eigenvalue weighted by Gasteiger charge is -2.18. The van der Waals surface area contributed by atoms with Crippen LogP contribution in [0.15, 0.2) is 59.5 Å². The predicted octanol–water partition coefficient (Wildman–Crippen LogP) is 1.65. The maximum absolute atomic E-state index is 12.8. The van der Waals surface area contributed by atoms with E-state index in [2.05, 4.69) is 10.0 Å². The highest BCUT2D eigenvalue weighted by atomic mass is 32.2. The summed E-state index contributed by atoms with van der Waals surface area (Å²) in [6.07, 6.45) is 2.95.